The number of rotatable bonds is 5. The van der Waals surface area contributed by atoms with Crippen LogP contribution in [0, 0.1) is 0 Å². The highest BCUT2D eigenvalue weighted by Crippen LogP contribution is 2.15. The lowest BCUT2D eigenvalue weighted by Crippen LogP contribution is -2.44. The maximum atomic E-state index is 11.9. The third-order valence-corrected chi connectivity index (χ3v) is 3.86. The molecule has 0 saturated carbocycles. The first kappa shape index (κ1) is 20.6. The Morgan fingerprint density at radius 3 is 2.92 bits per heavy atom. The molecule has 1 aliphatic rings. The Bertz CT molecular complexity index is 643. The molecule has 1 aliphatic heterocycles. The van der Waals surface area contributed by atoms with Crippen LogP contribution in [-0.2, 0) is 16.0 Å². The molecule has 2 aromatic rings. The highest BCUT2D eigenvalue weighted by Gasteiger charge is 2.16. The number of morpholine rings is 1. The lowest BCUT2D eigenvalue weighted by Gasteiger charge is -2.23. The molecule has 1 fully saturated rings. The van der Waals surface area contributed by atoms with Crippen LogP contribution >= 0.6 is 24.8 Å². The molecule has 1 atom stereocenters. The van der Waals surface area contributed by atoms with Gasteiger partial charge >= 0.3 is 0 Å². The number of hydrogen-bond donors (Lipinski definition) is 2. The minimum Gasteiger partial charge on any atom is -0.378 e. The molecule has 0 radical (unpaired) electrons. The van der Waals surface area contributed by atoms with Crippen molar-refractivity contribution < 1.29 is 9.53 Å². The van der Waals surface area contributed by atoms with Gasteiger partial charge in [-0.3, -0.25) is 9.78 Å². The van der Waals surface area contributed by atoms with Crippen LogP contribution in [-0.4, -0.2) is 43.2 Å². The number of amides is 1. The van der Waals surface area contributed by atoms with Crippen LogP contribution in [0.3, 0.4) is 0 Å². The van der Waals surface area contributed by atoms with Crippen molar-refractivity contribution in [2.45, 2.75) is 18.9 Å². The van der Waals surface area contributed by atoms with E-state index in [9.17, 15) is 4.79 Å². The number of carbonyl (C=O) groups is 1. The molecular weight excluding hydrogens is 349 g/mol. The van der Waals surface area contributed by atoms with Crippen molar-refractivity contribution in [3.8, 4) is 0 Å². The maximum Gasteiger partial charge on any atom is 0.221 e. The van der Waals surface area contributed by atoms with Gasteiger partial charge in [0.25, 0.3) is 0 Å². The molecule has 0 aliphatic carbocycles. The summed E-state index contributed by atoms with van der Waals surface area (Å²) >= 11 is 0. The molecule has 5 nitrogen and oxygen atoms in total. The lowest BCUT2D eigenvalue weighted by atomic mass is 10.1. The predicted molar refractivity (Wildman–Crippen MR) is 100 cm³/mol. The van der Waals surface area contributed by atoms with Gasteiger partial charge in [-0.1, -0.05) is 24.3 Å². The van der Waals surface area contributed by atoms with E-state index < -0.39 is 0 Å². The summed E-state index contributed by atoms with van der Waals surface area (Å²) in [5.41, 5.74) is 2.18. The van der Waals surface area contributed by atoms with Gasteiger partial charge in [0, 0.05) is 37.1 Å². The summed E-state index contributed by atoms with van der Waals surface area (Å²) < 4.78 is 5.35. The first-order valence-electron chi connectivity index (χ1n) is 7.73. The zero-order chi connectivity index (χ0) is 15.2. The fraction of sp³-hybridized carbons (Fsp3) is 0.412. The van der Waals surface area contributed by atoms with Crippen LogP contribution in [0.1, 0.15) is 12.0 Å². The molecule has 1 aromatic carbocycles. The number of nitrogens with one attached hydrogen (secondary N) is 2. The number of carbonyl (C=O) groups excluding carboxylic acids is 1. The van der Waals surface area contributed by atoms with E-state index in [0.717, 1.165) is 36.0 Å². The molecule has 24 heavy (non-hydrogen) atoms. The van der Waals surface area contributed by atoms with Gasteiger partial charge < -0.3 is 15.4 Å². The molecule has 132 valence electrons. The lowest BCUT2D eigenvalue weighted by molar-refractivity contribution is -0.122. The van der Waals surface area contributed by atoms with Gasteiger partial charge in [0.05, 0.1) is 18.7 Å². The molecule has 1 aromatic heterocycles. The zero-order valence-electron chi connectivity index (χ0n) is 13.4. The average Bonchev–Trinajstić information content (AvgIpc) is 2.56. The van der Waals surface area contributed by atoms with E-state index in [4.69, 9.17) is 4.74 Å². The van der Waals surface area contributed by atoms with E-state index >= 15 is 0 Å². The number of nitrogens with zero attached hydrogens (tertiary/aromatic N) is 1. The number of fused-ring (bicyclic) bond motifs is 1. The minimum atomic E-state index is 0. The molecule has 0 spiro atoms. The molecule has 2 N–H and O–H groups in total. The number of hydrogen-bond acceptors (Lipinski definition) is 4. The fourth-order valence-corrected chi connectivity index (χ4v) is 2.75. The Morgan fingerprint density at radius 2 is 2.12 bits per heavy atom. The van der Waals surface area contributed by atoms with Crippen LogP contribution < -0.4 is 10.6 Å². The predicted octanol–water partition coefficient (Wildman–Crippen LogP) is 2.12. The van der Waals surface area contributed by atoms with E-state index in [1.807, 2.05) is 12.1 Å². The molecule has 0 bridgehead atoms. The summed E-state index contributed by atoms with van der Waals surface area (Å²) in [7, 11) is 0. The molecule has 3 rings (SSSR count). The van der Waals surface area contributed by atoms with E-state index in [1.165, 1.54) is 0 Å². The topological polar surface area (TPSA) is 63.2 Å². The SMILES string of the molecule is Cl.Cl.O=C(CC1COCCN1)NCCc1cccc2cccnc12. The fourth-order valence-electron chi connectivity index (χ4n) is 2.75. The van der Waals surface area contributed by atoms with Crippen molar-refractivity contribution >= 4 is 41.6 Å². The summed E-state index contributed by atoms with van der Waals surface area (Å²) in [4.78, 5) is 16.4. The number of benzene rings is 1. The molecule has 2 heterocycles. The number of halogens is 2. The van der Waals surface area contributed by atoms with Crippen LogP contribution in [0.5, 0.6) is 0 Å². The number of ether oxygens (including phenoxy) is 1. The van der Waals surface area contributed by atoms with Crippen LogP contribution in [0.15, 0.2) is 36.5 Å². The Hall–Kier alpha value is -1.40. The van der Waals surface area contributed by atoms with Crippen LogP contribution in [0.4, 0.5) is 0 Å². The first-order valence-corrected chi connectivity index (χ1v) is 7.73. The Balaban J connectivity index is 0.00000144. The molecule has 1 unspecified atom stereocenters. The van der Waals surface area contributed by atoms with E-state index in [1.54, 1.807) is 6.20 Å². The maximum absolute atomic E-state index is 11.9. The third kappa shape index (κ3) is 5.60. The summed E-state index contributed by atoms with van der Waals surface area (Å²) in [5.74, 6) is 0.0659. The van der Waals surface area contributed by atoms with Crippen LogP contribution in [0.2, 0.25) is 0 Å². The van der Waals surface area contributed by atoms with Gasteiger partial charge in [-0.15, -0.1) is 24.8 Å². The first-order chi connectivity index (χ1) is 10.8. The molecule has 1 saturated heterocycles. The number of para-hydroxylation sites is 1. The second-order valence-corrected chi connectivity index (χ2v) is 5.52. The Morgan fingerprint density at radius 1 is 1.29 bits per heavy atom. The van der Waals surface area contributed by atoms with E-state index in [2.05, 4.69) is 33.8 Å². The quantitative estimate of drug-likeness (QED) is 0.844. The van der Waals surface area contributed by atoms with Crippen molar-refractivity contribution in [1.82, 2.24) is 15.6 Å². The smallest absolute Gasteiger partial charge is 0.221 e. The molecular formula is C17H23Cl2N3O2. The van der Waals surface area contributed by atoms with Crippen molar-refractivity contribution in [1.29, 1.82) is 0 Å². The highest BCUT2D eigenvalue weighted by molar-refractivity contribution is 5.85. The average molecular weight is 372 g/mol. The van der Waals surface area contributed by atoms with Crippen molar-refractivity contribution in [3.05, 3.63) is 42.1 Å². The molecule has 7 heteroatoms. The van der Waals surface area contributed by atoms with Crippen molar-refractivity contribution in [2.24, 2.45) is 0 Å². The normalized spacial score (nSPS) is 16.8. The number of aromatic nitrogens is 1. The standard InChI is InChI=1S/C17H21N3O2.2ClH/c21-16(11-15-12-22-10-9-18-15)19-8-6-14-4-1-3-13-5-2-7-20-17(13)14;;/h1-5,7,15,18H,6,8-12H2,(H,19,21);2*1H. The van der Waals surface area contributed by atoms with Gasteiger partial charge in [-0.05, 0) is 18.1 Å². The summed E-state index contributed by atoms with van der Waals surface area (Å²) in [6.07, 6.45) is 3.06. The Labute approximate surface area is 154 Å². The second-order valence-electron chi connectivity index (χ2n) is 5.52. The van der Waals surface area contributed by atoms with Gasteiger partial charge in [0.2, 0.25) is 5.91 Å². The van der Waals surface area contributed by atoms with Gasteiger partial charge in [-0.25, -0.2) is 0 Å². The van der Waals surface area contributed by atoms with E-state index in [0.29, 0.717) is 19.6 Å². The van der Waals surface area contributed by atoms with Gasteiger partial charge in [-0.2, -0.15) is 0 Å². The third-order valence-electron chi connectivity index (χ3n) is 3.86. The van der Waals surface area contributed by atoms with Gasteiger partial charge in [0.1, 0.15) is 0 Å². The summed E-state index contributed by atoms with van der Waals surface area (Å²) in [5, 5.41) is 7.40. The van der Waals surface area contributed by atoms with Crippen molar-refractivity contribution in [3.63, 3.8) is 0 Å². The zero-order valence-corrected chi connectivity index (χ0v) is 15.0. The van der Waals surface area contributed by atoms with Crippen LogP contribution in [0.25, 0.3) is 10.9 Å². The van der Waals surface area contributed by atoms with E-state index in [-0.39, 0.29) is 36.8 Å². The highest BCUT2D eigenvalue weighted by atomic mass is 35.5. The second kappa shape index (κ2) is 10.5. The Kier molecular flexibility index (Phi) is 9.00. The van der Waals surface area contributed by atoms with Crippen molar-refractivity contribution in [2.75, 3.05) is 26.3 Å². The summed E-state index contributed by atoms with van der Waals surface area (Å²) in [6.45, 7) is 2.79. The monoisotopic (exact) mass is 371 g/mol. The molecule has 1 amide bonds. The largest absolute Gasteiger partial charge is 0.378 e. The number of pyridine rings is 1. The van der Waals surface area contributed by atoms with Gasteiger partial charge in [0.15, 0.2) is 0 Å². The summed E-state index contributed by atoms with van der Waals surface area (Å²) in [6, 6.07) is 10.3. The minimum absolute atomic E-state index is 0.